The zero-order valence-electron chi connectivity index (χ0n) is 15.1. The second-order valence-electron chi connectivity index (χ2n) is 5.88. The van der Waals surface area contributed by atoms with Crippen LogP contribution in [-0.4, -0.2) is 26.3 Å². The number of nitriles is 1. The fraction of sp³-hybridized carbons (Fsp3) is 0.368. The molecule has 0 bridgehead atoms. The Kier molecular flexibility index (Phi) is 5.30. The maximum Gasteiger partial charge on any atom is 0.161 e. The van der Waals surface area contributed by atoms with Gasteiger partial charge in [-0.25, -0.2) is 4.98 Å². The van der Waals surface area contributed by atoms with Crippen LogP contribution in [0.1, 0.15) is 27.9 Å². The molecule has 0 spiro atoms. The van der Waals surface area contributed by atoms with Gasteiger partial charge in [0.15, 0.2) is 11.5 Å². The summed E-state index contributed by atoms with van der Waals surface area (Å²) in [6.07, 6.45) is 0. The van der Waals surface area contributed by atoms with Gasteiger partial charge >= 0.3 is 0 Å². The molecule has 0 radical (unpaired) electrons. The maximum atomic E-state index is 9.46. The summed E-state index contributed by atoms with van der Waals surface area (Å²) < 4.78 is 10.7. The predicted molar refractivity (Wildman–Crippen MR) is 94.8 cm³/mol. The summed E-state index contributed by atoms with van der Waals surface area (Å²) in [7, 11) is 5.19. The van der Waals surface area contributed by atoms with Crippen LogP contribution in [0, 0.1) is 32.1 Å². The lowest BCUT2D eigenvalue weighted by Gasteiger charge is -2.22. The van der Waals surface area contributed by atoms with E-state index >= 15 is 0 Å². The maximum absolute atomic E-state index is 9.46. The van der Waals surface area contributed by atoms with Crippen LogP contribution in [0.4, 0.5) is 5.82 Å². The predicted octanol–water partition coefficient (Wildman–Crippen LogP) is 3.53. The lowest BCUT2D eigenvalue weighted by atomic mass is 10.1. The summed E-state index contributed by atoms with van der Waals surface area (Å²) in [6.45, 7) is 6.53. The van der Waals surface area contributed by atoms with Crippen molar-refractivity contribution < 1.29 is 9.47 Å². The number of nitrogens with zero attached hydrogens (tertiary/aromatic N) is 3. The van der Waals surface area contributed by atoms with E-state index in [0.29, 0.717) is 29.4 Å². The highest BCUT2D eigenvalue weighted by Crippen LogP contribution is 2.31. The first-order chi connectivity index (χ1) is 11.4. The molecule has 5 heteroatoms. The molecule has 0 saturated heterocycles. The summed E-state index contributed by atoms with van der Waals surface area (Å²) >= 11 is 0. The van der Waals surface area contributed by atoms with Gasteiger partial charge in [0.25, 0.3) is 0 Å². The molecule has 0 aliphatic carbocycles. The van der Waals surface area contributed by atoms with E-state index in [2.05, 4.69) is 11.1 Å². The standard InChI is InChI=1S/C19H23N3O2/c1-12-8-17(23-5)18(24-6)9-15(12)11-22(4)19-16(10-20)13(2)7-14(3)21-19/h7-9H,11H2,1-6H3. The first-order valence-electron chi connectivity index (χ1n) is 7.72. The average molecular weight is 325 g/mol. The molecule has 1 aromatic heterocycles. The Morgan fingerprint density at radius 3 is 2.25 bits per heavy atom. The van der Waals surface area contributed by atoms with Crippen molar-refractivity contribution in [2.45, 2.75) is 27.3 Å². The smallest absolute Gasteiger partial charge is 0.161 e. The van der Waals surface area contributed by atoms with Gasteiger partial charge in [-0.2, -0.15) is 5.26 Å². The van der Waals surface area contributed by atoms with E-state index in [1.54, 1.807) is 14.2 Å². The molecule has 0 unspecified atom stereocenters. The van der Waals surface area contributed by atoms with E-state index in [-0.39, 0.29) is 0 Å². The Morgan fingerprint density at radius 1 is 1.04 bits per heavy atom. The van der Waals surface area contributed by atoms with E-state index in [0.717, 1.165) is 22.4 Å². The molecule has 2 aromatic rings. The van der Waals surface area contributed by atoms with Gasteiger partial charge in [0.05, 0.1) is 19.8 Å². The second-order valence-corrected chi connectivity index (χ2v) is 5.88. The number of methoxy groups -OCH3 is 2. The van der Waals surface area contributed by atoms with Gasteiger partial charge in [-0.15, -0.1) is 0 Å². The van der Waals surface area contributed by atoms with Gasteiger partial charge in [-0.1, -0.05) is 0 Å². The molecular formula is C19H23N3O2. The van der Waals surface area contributed by atoms with Crippen LogP contribution in [0.25, 0.3) is 0 Å². The van der Waals surface area contributed by atoms with Crippen molar-refractivity contribution in [2.24, 2.45) is 0 Å². The summed E-state index contributed by atoms with van der Waals surface area (Å²) in [5.74, 6) is 2.10. The Labute approximate surface area is 143 Å². The van der Waals surface area contributed by atoms with Crippen LogP contribution in [0.5, 0.6) is 11.5 Å². The highest BCUT2D eigenvalue weighted by atomic mass is 16.5. The van der Waals surface area contributed by atoms with Crippen molar-refractivity contribution in [3.8, 4) is 17.6 Å². The van der Waals surface area contributed by atoms with Gasteiger partial charge in [0, 0.05) is 19.3 Å². The zero-order chi connectivity index (χ0) is 17.9. The Hall–Kier alpha value is -2.74. The topological polar surface area (TPSA) is 58.4 Å². The third-order valence-corrected chi connectivity index (χ3v) is 4.05. The SMILES string of the molecule is COc1cc(C)c(CN(C)c2nc(C)cc(C)c2C#N)cc1OC. The van der Waals surface area contributed by atoms with E-state index in [1.165, 1.54) is 0 Å². The van der Waals surface area contributed by atoms with E-state index in [1.807, 2.05) is 50.9 Å². The number of ether oxygens (including phenoxy) is 2. The molecule has 5 nitrogen and oxygen atoms in total. The van der Waals surface area contributed by atoms with E-state index in [4.69, 9.17) is 9.47 Å². The minimum atomic E-state index is 0.612. The van der Waals surface area contributed by atoms with Crippen molar-refractivity contribution >= 4 is 5.82 Å². The van der Waals surface area contributed by atoms with Crippen LogP contribution in [0.2, 0.25) is 0 Å². The number of hydrogen-bond donors (Lipinski definition) is 0. The van der Waals surface area contributed by atoms with Gasteiger partial charge in [0.1, 0.15) is 11.9 Å². The third-order valence-electron chi connectivity index (χ3n) is 4.05. The number of benzene rings is 1. The quantitative estimate of drug-likeness (QED) is 0.841. The van der Waals surface area contributed by atoms with Crippen LogP contribution in [0.15, 0.2) is 18.2 Å². The molecule has 0 aliphatic heterocycles. The fourth-order valence-corrected chi connectivity index (χ4v) is 2.75. The van der Waals surface area contributed by atoms with E-state index < -0.39 is 0 Å². The normalized spacial score (nSPS) is 10.2. The van der Waals surface area contributed by atoms with Crippen molar-refractivity contribution in [3.63, 3.8) is 0 Å². The molecule has 126 valence electrons. The highest BCUT2D eigenvalue weighted by molar-refractivity contribution is 5.58. The molecule has 0 atom stereocenters. The van der Waals surface area contributed by atoms with Crippen LogP contribution in [-0.2, 0) is 6.54 Å². The van der Waals surface area contributed by atoms with Gasteiger partial charge in [-0.05, 0) is 55.7 Å². The zero-order valence-corrected chi connectivity index (χ0v) is 15.1. The molecule has 0 N–H and O–H groups in total. The van der Waals surface area contributed by atoms with E-state index in [9.17, 15) is 5.26 Å². The summed E-state index contributed by atoms with van der Waals surface area (Å²) in [4.78, 5) is 6.55. The molecule has 1 aromatic carbocycles. The minimum Gasteiger partial charge on any atom is -0.493 e. The molecule has 0 aliphatic rings. The minimum absolute atomic E-state index is 0.612. The number of aryl methyl sites for hydroxylation is 3. The lowest BCUT2D eigenvalue weighted by Crippen LogP contribution is -2.20. The average Bonchev–Trinajstić information content (AvgIpc) is 2.55. The number of anilines is 1. The van der Waals surface area contributed by atoms with Crippen LogP contribution < -0.4 is 14.4 Å². The lowest BCUT2D eigenvalue weighted by molar-refractivity contribution is 0.354. The van der Waals surface area contributed by atoms with Crippen molar-refractivity contribution in [2.75, 3.05) is 26.2 Å². The third kappa shape index (κ3) is 3.43. The monoisotopic (exact) mass is 325 g/mol. The van der Waals surface area contributed by atoms with Gasteiger partial charge in [0.2, 0.25) is 0 Å². The fourth-order valence-electron chi connectivity index (χ4n) is 2.75. The Bertz CT molecular complexity index is 794. The molecular weight excluding hydrogens is 302 g/mol. The van der Waals surface area contributed by atoms with Gasteiger partial charge in [-0.3, -0.25) is 0 Å². The van der Waals surface area contributed by atoms with Gasteiger partial charge < -0.3 is 14.4 Å². The molecule has 1 heterocycles. The van der Waals surface area contributed by atoms with Crippen LogP contribution in [0.3, 0.4) is 0 Å². The van der Waals surface area contributed by atoms with Crippen molar-refractivity contribution in [3.05, 3.63) is 46.1 Å². The largest absolute Gasteiger partial charge is 0.493 e. The number of hydrogen-bond acceptors (Lipinski definition) is 5. The molecule has 24 heavy (non-hydrogen) atoms. The number of aromatic nitrogens is 1. The Balaban J connectivity index is 2.41. The molecule has 0 amide bonds. The molecule has 0 saturated carbocycles. The Morgan fingerprint density at radius 2 is 1.67 bits per heavy atom. The molecule has 0 fully saturated rings. The van der Waals surface area contributed by atoms with Crippen molar-refractivity contribution in [1.82, 2.24) is 4.98 Å². The summed E-state index contributed by atoms with van der Waals surface area (Å²) in [5, 5.41) is 9.46. The first-order valence-corrected chi connectivity index (χ1v) is 7.72. The number of pyridine rings is 1. The molecule has 2 rings (SSSR count). The number of rotatable bonds is 5. The second kappa shape index (κ2) is 7.22. The summed E-state index contributed by atoms with van der Waals surface area (Å²) in [6, 6.07) is 8.12. The van der Waals surface area contributed by atoms with Crippen molar-refractivity contribution in [1.29, 1.82) is 5.26 Å². The first kappa shape index (κ1) is 17.6. The summed E-state index contributed by atoms with van der Waals surface area (Å²) in [5.41, 5.74) is 4.65. The highest BCUT2D eigenvalue weighted by Gasteiger charge is 2.15. The van der Waals surface area contributed by atoms with Crippen LogP contribution >= 0.6 is 0 Å².